The first-order valence-corrected chi connectivity index (χ1v) is 12.4. The Balaban J connectivity index is 1.92. The van der Waals surface area contributed by atoms with Gasteiger partial charge in [0.05, 0.1) is 27.9 Å². The predicted molar refractivity (Wildman–Crippen MR) is 135 cm³/mol. The number of anilines is 1. The van der Waals surface area contributed by atoms with E-state index in [1.165, 1.54) is 11.8 Å². The molecule has 1 aliphatic heterocycles. The highest BCUT2D eigenvalue weighted by molar-refractivity contribution is 14.1. The van der Waals surface area contributed by atoms with Gasteiger partial charge in [-0.3, -0.25) is 9.69 Å². The maximum Gasteiger partial charge on any atom is 0.270 e. The lowest BCUT2D eigenvalue weighted by atomic mass is 10.1. The summed E-state index contributed by atoms with van der Waals surface area (Å²) >= 11 is 10.7. The third kappa shape index (κ3) is 5.10. The monoisotopic (exact) mass is 557 g/mol. The van der Waals surface area contributed by atoms with Gasteiger partial charge in [-0.2, -0.15) is 0 Å². The third-order valence-corrected chi connectivity index (χ3v) is 6.93. The van der Waals surface area contributed by atoms with Crippen LogP contribution in [0.3, 0.4) is 0 Å². The topological polar surface area (TPSA) is 38.8 Å². The van der Waals surface area contributed by atoms with E-state index in [0.29, 0.717) is 21.6 Å². The van der Waals surface area contributed by atoms with E-state index < -0.39 is 0 Å². The molecule has 1 heterocycles. The largest absolute Gasteiger partial charge is 0.493 e. The van der Waals surface area contributed by atoms with Crippen molar-refractivity contribution in [2.75, 3.05) is 24.9 Å². The zero-order valence-corrected chi connectivity index (χ0v) is 20.8. The van der Waals surface area contributed by atoms with Crippen molar-refractivity contribution in [3.63, 3.8) is 0 Å². The molecule has 3 rings (SSSR count). The van der Waals surface area contributed by atoms with E-state index in [-0.39, 0.29) is 5.91 Å². The van der Waals surface area contributed by atoms with Crippen LogP contribution in [0.1, 0.15) is 18.9 Å². The smallest absolute Gasteiger partial charge is 0.270 e. The maximum absolute atomic E-state index is 13.1. The number of amides is 1. The highest BCUT2D eigenvalue weighted by Gasteiger charge is 2.33. The van der Waals surface area contributed by atoms with Gasteiger partial charge in [-0.1, -0.05) is 37.0 Å². The molecule has 1 saturated heterocycles. The number of benzene rings is 2. The normalized spacial score (nSPS) is 15.3. The number of methoxy groups -OCH3 is 1. The van der Waals surface area contributed by atoms with Crippen LogP contribution in [0, 0.1) is 3.57 Å². The van der Waals surface area contributed by atoms with Crippen LogP contribution in [0.25, 0.3) is 6.08 Å². The van der Waals surface area contributed by atoms with Gasteiger partial charge in [-0.05, 0) is 77.2 Å². The van der Waals surface area contributed by atoms with Gasteiger partial charge in [-0.15, -0.1) is 11.8 Å². The summed E-state index contributed by atoms with van der Waals surface area (Å²) in [6, 6.07) is 11.7. The summed E-state index contributed by atoms with van der Waals surface area (Å²) in [6.45, 7) is 2.68. The van der Waals surface area contributed by atoms with Crippen molar-refractivity contribution in [1.82, 2.24) is 0 Å². The summed E-state index contributed by atoms with van der Waals surface area (Å²) in [5, 5.41) is 0. The Hall–Kier alpha value is -1.23. The summed E-state index contributed by atoms with van der Waals surface area (Å²) in [5.74, 6) is 1.27. The molecule has 0 aromatic heterocycles. The molecule has 0 atom stereocenters. The molecule has 152 valence electrons. The second kappa shape index (κ2) is 10.2. The summed E-state index contributed by atoms with van der Waals surface area (Å²) in [7, 11) is 1.62. The number of hydrogen-bond donors (Lipinski definition) is 0. The van der Waals surface area contributed by atoms with E-state index in [2.05, 4.69) is 29.5 Å². The van der Waals surface area contributed by atoms with Crippen molar-refractivity contribution in [1.29, 1.82) is 0 Å². The van der Waals surface area contributed by atoms with E-state index in [1.54, 1.807) is 23.8 Å². The van der Waals surface area contributed by atoms with E-state index in [4.69, 9.17) is 21.7 Å². The molecule has 2 aromatic carbocycles. The molecule has 1 fully saturated rings. The SMILES string of the molecule is CCCOc1c(I)cc(/C=C2\SC(=S)N(c3cccc(SC)c3)C2=O)cc1OC. The number of ether oxygens (including phenoxy) is 2. The second-order valence-electron chi connectivity index (χ2n) is 6.10. The van der Waals surface area contributed by atoms with Crippen molar-refractivity contribution in [2.24, 2.45) is 0 Å². The fraction of sp³-hybridized carbons (Fsp3) is 0.238. The molecular formula is C21H20INO3S3. The molecule has 0 aliphatic carbocycles. The minimum atomic E-state index is -0.112. The molecule has 0 radical (unpaired) electrons. The van der Waals surface area contributed by atoms with E-state index in [1.807, 2.05) is 48.7 Å². The number of halogens is 1. The van der Waals surface area contributed by atoms with Crippen molar-refractivity contribution in [2.45, 2.75) is 18.2 Å². The zero-order chi connectivity index (χ0) is 21.0. The van der Waals surface area contributed by atoms with Gasteiger partial charge in [0.15, 0.2) is 15.8 Å². The summed E-state index contributed by atoms with van der Waals surface area (Å²) < 4.78 is 12.8. The first-order chi connectivity index (χ1) is 14.0. The lowest BCUT2D eigenvalue weighted by Gasteiger charge is -2.15. The van der Waals surface area contributed by atoms with Crippen molar-refractivity contribution in [3.05, 3.63) is 50.4 Å². The summed E-state index contributed by atoms with van der Waals surface area (Å²) in [4.78, 5) is 16.3. The molecule has 0 bridgehead atoms. The third-order valence-electron chi connectivity index (χ3n) is 4.11. The minimum absolute atomic E-state index is 0.112. The van der Waals surface area contributed by atoms with Crippen LogP contribution in [0.2, 0.25) is 0 Å². The second-order valence-corrected chi connectivity index (χ2v) is 9.82. The van der Waals surface area contributed by atoms with Crippen LogP contribution < -0.4 is 14.4 Å². The van der Waals surface area contributed by atoms with Crippen LogP contribution in [0.5, 0.6) is 11.5 Å². The Morgan fingerprint density at radius 1 is 1.31 bits per heavy atom. The highest BCUT2D eigenvalue weighted by atomic mass is 127. The standard InChI is InChI=1S/C21H20INO3S3/c1-4-8-26-19-16(22)9-13(10-17(19)25-2)11-18-20(24)23(21(27)29-18)14-6-5-7-15(12-14)28-3/h5-7,9-12H,4,8H2,1-3H3/b18-11-. The lowest BCUT2D eigenvalue weighted by molar-refractivity contribution is -0.113. The molecule has 1 aliphatic rings. The van der Waals surface area contributed by atoms with Gasteiger partial charge in [0, 0.05) is 4.90 Å². The fourth-order valence-electron chi connectivity index (χ4n) is 2.76. The van der Waals surface area contributed by atoms with Gasteiger partial charge < -0.3 is 9.47 Å². The lowest BCUT2D eigenvalue weighted by Crippen LogP contribution is -2.27. The Kier molecular flexibility index (Phi) is 7.89. The summed E-state index contributed by atoms with van der Waals surface area (Å²) in [6.07, 6.45) is 4.78. The van der Waals surface area contributed by atoms with Gasteiger partial charge in [0.2, 0.25) is 0 Å². The predicted octanol–water partition coefficient (Wildman–Crippen LogP) is 6.22. The maximum atomic E-state index is 13.1. The molecule has 1 amide bonds. The van der Waals surface area contributed by atoms with E-state index in [9.17, 15) is 4.79 Å². The quantitative estimate of drug-likeness (QED) is 0.174. The Labute approximate surface area is 198 Å². The van der Waals surface area contributed by atoms with E-state index >= 15 is 0 Å². The molecule has 29 heavy (non-hydrogen) atoms. The average Bonchev–Trinajstić information content (AvgIpc) is 2.99. The van der Waals surface area contributed by atoms with Gasteiger partial charge in [0.25, 0.3) is 5.91 Å². The number of thiocarbonyl (C=S) groups is 1. The van der Waals surface area contributed by atoms with Crippen LogP contribution in [-0.4, -0.2) is 30.2 Å². The molecule has 4 nitrogen and oxygen atoms in total. The van der Waals surface area contributed by atoms with Crippen LogP contribution >= 0.6 is 58.3 Å². The van der Waals surface area contributed by atoms with E-state index in [0.717, 1.165) is 31.9 Å². The zero-order valence-electron chi connectivity index (χ0n) is 16.2. The van der Waals surface area contributed by atoms with Crippen molar-refractivity contribution in [3.8, 4) is 11.5 Å². The number of carbonyl (C=O) groups is 1. The van der Waals surface area contributed by atoms with Crippen LogP contribution in [0.15, 0.2) is 46.2 Å². The van der Waals surface area contributed by atoms with Crippen LogP contribution in [-0.2, 0) is 4.79 Å². The van der Waals surface area contributed by atoms with Gasteiger partial charge >= 0.3 is 0 Å². The molecular weight excluding hydrogens is 537 g/mol. The highest BCUT2D eigenvalue weighted by Crippen LogP contribution is 2.39. The minimum Gasteiger partial charge on any atom is -0.493 e. The average molecular weight is 558 g/mol. The van der Waals surface area contributed by atoms with Crippen molar-refractivity contribution < 1.29 is 14.3 Å². The van der Waals surface area contributed by atoms with Crippen LogP contribution in [0.4, 0.5) is 5.69 Å². The van der Waals surface area contributed by atoms with Gasteiger partial charge in [0.1, 0.15) is 0 Å². The summed E-state index contributed by atoms with van der Waals surface area (Å²) in [5.41, 5.74) is 1.66. The first-order valence-electron chi connectivity index (χ1n) is 8.90. The molecule has 0 unspecified atom stereocenters. The Bertz CT molecular complexity index is 978. The Morgan fingerprint density at radius 3 is 2.79 bits per heavy atom. The number of nitrogens with zero attached hydrogens (tertiary/aromatic N) is 1. The Morgan fingerprint density at radius 2 is 2.10 bits per heavy atom. The first kappa shape index (κ1) is 22.5. The van der Waals surface area contributed by atoms with Crippen molar-refractivity contribution >= 4 is 80.3 Å². The molecule has 0 N–H and O–H groups in total. The molecule has 0 spiro atoms. The molecule has 8 heteroatoms. The number of hydrogen-bond acceptors (Lipinski definition) is 6. The fourth-order valence-corrected chi connectivity index (χ4v) is 5.29. The number of thioether (sulfide) groups is 2. The number of rotatable bonds is 7. The molecule has 2 aromatic rings. The number of carbonyl (C=O) groups excluding carboxylic acids is 1. The molecule has 0 saturated carbocycles. The van der Waals surface area contributed by atoms with Gasteiger partial charge in [-0.25, -0.2) is 0 Å².